The second kappa shape index (κ2) is 9.16. The fraction of sp³-hybridized carbons (Fsp3) is 0.192. The second-order valence-corrected chi connectivity index (χ2v) is 8.03. The molecule has 1 aromatic heterocycles. The SMILES string of the molecule is O=C(COc1cccc(N2CCCC2=O)c1)N[C@@H](c1ccccc1)c1ccc2nc[nH]c2c1. The van der Waals surface area contributed by atoms with Crippen LogP contribution in [0.3, 0.4) is 0 Å². The third-order valence-corrected chi connectivity index (χ3v) is 5.79. The van der Waals surface area contributed by atoms with Crippen LogP contribution in [0.1, 0.15) is 30.0 Å². The number of benzene rings is 3. The van der Waals surface area contributed by atoms with E-state index in [1.807, 2.05) is 60.7 Å². The number of hydrogen-bond acceptors (Lipinski definition) is 4. The van der Waals surface area contributed by atoms with Crippen molar-refractivity contribution in [2.45, 2.75) is 18.9 Å². The summed E-state index contributed by atoms with van der Waals surface area (Å²) in [6.45, 7) is 0.579. The molecule has 5 rings (SSSR count). The molecule has 2 N–H and O–H groups in total. The van der Waals surface area contributed by atoms with Crippen LogP contribution in [0, 0.1) is 0 Å². The lowest BCUT2D eigenvalue weighted by atomic mass is 9.98. The van der Waals surface area contributed by atoms with E-state index < -0.39 is 0 Å². The summed E-state index contributed by atoms with van der Waals surface area (Å²) in [5, 5.41) is 3.09. The number of carbonyl (C=O) groups is 2. The van der Waals surface area contributed by atoms with Crippen molar-refractivity contribution in [3.8, 4) is 5.75 Å². The molecule has 0 radical (unpaired) electrons. The van der Waals surface area contributed by atoms with E-state index >= 15 is 0 Å². The van der Waals surface area contributed by atoms with Crippen molar-refractivity contribution in [1.29, 1.82) is 0 Å². The zero-order valence-corrected chi connectivity index (χ0v) is 18.0. The highest BCUT2D eigenvalue weighted by atomic mass is 16.5. The lowest BCUT2D eigenvalue weighted by molar-refractivity contribution is -0.123. The minimum Gasteiger partial charge on any atom is -0.484 e. The van der Waals surface area contributed by atoms with E-state index in [0.29, 0.717) is 18.7 Å². The molecule has 3 aromatic carbocycles. The molecule has 0 aliphatic carbocycles. The number of nitrogens with zero attached hydrogens (tertiary/aromatic N) is 2. The Hall–Kier alpha value is -4.13. The van der Waals surface area contributed by atoms with Gasteiger partial charge in [-0.3, -0.25) is 9.59 Å². The van der Waals surface area contributed by atoms with E-state index in [1.54, 1.807) is 23.4 Å². The highest BCUT2D eigenvalue weighted by Gasteiger charge is 2.22. The van der Waals surface area contributed by atoms with Gasteiger partial charge in [0.25, 0.3) is 5.91 Å². The van der Waals surface area contributed by atoms with Gasteiger partial charge in [0.2, 0.25) is 5.91 Å². The van der Waals surface area contributed by atoms with Crippen LogP contribution < -0.4 is 15.0 Å². The van der Waals surface area contributed by atoms with Gasteiger partial charge in [0, 0.05) is 24.7 Å². The van der Waals surface area contributed by atoms with Gasteiger partial charge < -0.3 is 19.9 Å². The number of amides is 2. The first kappa shape index (κ1) is 20.8. The lowest BCUT2D eigenvalue weighted by Crippen LogP contribution is -2.33. The van der Waals surface area contributed by atoms with Gasteiger partial charge >= 0.3 is 0 Å². The van der Waals surface area contributed by atoms with Gasteiger partial charge in [-0.15, -0.1) is 0 Å². The minimum absolute atomic E-state index is 0.116. The quantitative estimate of drug-likeness (QED) is 0.455. The molecular formula is C26H24N4O3. The first-order chi connectivity index (χ1) is 16.2. The fourth-order valence-corrected chi connectivity index (χ4v) is 4.15. The number of fused-ring (bicyclic) bond motifs is 1. The zero-order valence-electron chi connectivity index (χ0n) is 18.0. The normalized spacial score (nSPS) is 14.4. The van der Waals surface area contributed by atoms with Crippen molar-refractivity contribution in [2.75, 3.05) is 18.1 Å². The van der Waals surface area contributed by atoms with Crippen LogP contribution in [-0.2, 0) is 9.59 Å². The molecule has 7 nitrogen and oxygen atoms in total. The Morgan fingerprint density at radius 2 is 1.94 bits per heavy atom. The van der Waals surface area contributed by atoms with Gasteiger partial charge in [0.15, 0.2) is 6.61 Å². The van der Waals surface area contributed by atoms with Crippen LogP contribution in [0.15, 0.2) is 79.1 Å². The molecular weight excluding hydrogens is 416 g/mol. The van der Waals surface area contributed by atoms with Gasteiger partial charge in [-0.2, -0.15) is 0 Å². The molecule has 0 saturated carbocycles. The summed E-state index contributed by atoms with van der Waals surface area (Å²) in [6.07, 6.45) is 3.08. The van der Waals surface area contributed by atoms with Crippen molar-refractivity contribution >= 4 is 28.5 Å². The minimum atomic E-state index is -0.330. The number of aromatic amines is 1. The third-order valence-electron chi connectivity index (χ3n) is 5.79. The molecule has 7 heteroatoms. The summed E-state index contributed by atoms with van der Waals surface area (Å²) < 4.78 is 5.77. The first-order valence-electron chi connectivity index (χ1n) is 11.0. The molecule has 33 heavy (non-hydrogen) atoms. The van der Waals surface area contributed by atoms with Crippen LogP contribution in [0.4, 0.5) is 5.69 Å². The summed E-state index contributed by atoms with van der Waals surface area (Å²) in [5.74, 6) is 0.429. The largest absolute Gasteiger partial charge is 0.484 e. The van der Waals surface area contributed by atoms with Crippen molar-refractivity contribution in [1.82, 2.24) is 15.3 Å². The summed E-state index contributed by atoms with van der Waals surface area (Å²) >= 11 is 0. The average molecular weight is 441 g/mol. The Bertz CT molecular complexity index is 1280. The molecule has 4 aromatic rings. The molecule has 1 fully saturated rings. The summed E-state index contributed by atoms with van der Waals surface area (Å²) in [5.41, 5.74) is 4.49. The fourth-order valence-electron chi connectivity index (χ4n) is 4.15. The smallest absolute Gasteiger partial charge is 0.258 e. The van der Waals surface area contributed by atoms with Gasteiger partial charge in [-0.25, -0.2) is 4.98 Å². The lowest BCUT2D eigenvalue weighted by Gasteiger charge is -2.20. The number of imidazole rings is 1. The van der Waals surface area contributed by atoms with E-state index in [4.69, 9.17) is 4.74 Å². The predicted molar refractivity (Wildman–Crippen MR) is 126 cm³/mol. The number of ether oxygens (including phenoxy) is 1. The highest BCUT2D eigenvalue weighted by Crippen LogP contribution is 2.26. The maximum Gasteiger partial charge on any atom is 0.258 e. The summed E-state index contributed by atoms with van der Waals surface area (Å²) in [7, 11) is 0. The van der Waals surface area contributed by atoms with E-state index in [9.17, 15) is 9.59 Å². The van der Waals surface area contributed by atoms with E-state index in [0.717, 1.165) is 34.3 Å². The molecule has 1 atom stereocenters. The Labute approximate surface area is 191 Å². The topological polar surface area (TPSA) is 87.3 Å². The average Bonchev–Trinajstić information content (AvgIpc) is 3.50. The molecule has 166 valence electrons. The van der Waals surface area contributed by atoms with E-state index in [1.165, 1.54) is 0 Å². The molecule has 2 amide bonds. The van der Waals surface area contributed by atoms with Crippen molar-refractivity contribution in [2.24, 2.45) is 0 Å². The van der Waals surface area contributed by atoms with Crippen LogP contribution in [0.5, 0.6) is 5.75 Å². The van der Waals surface area contributed by atoms with E-state index in [-0.39, 0.29) is 24.5 Å². The second-order valence-electron chi connectivity index (χ2n) is 8.03. The highest BCUT2D eigenvalue weighted by molar-refractivity contribution is 5.95. The maximum absolute atomic E-state index is 12.9. The predicted octanol–water partition coefficient (Wildman–Crippen LogP) is 3.97. The number of carbonyl (C=O) groups excluding carboxylic acids is 2. The zero-order chi connectivity index (χ0) is 22.6. The molecule has 1 aliphatic rings. The number of aromatic nitrogens is 2. The van der Waals surface area contributed by atoms with Crippen molar-refractivity contribution < 1.29 is 14.3 Å². The number of H-pyrrole nitrogens is 1. The van der Waals surface area contributed by atoms with Gasteiger partial charge in [-0.05, 0) is 41.8 Å². The van der Waals surface area contributed by atoms with Crippen LogP contribution in [-0.4, -0.2) is 34.9 Å². The Morgan fingerprint density at radius 3 is 2.76 bits per heavy atom. The number of anilines is 1. The van der Waals surface area contributed by atoms with E-state index in [2.05, 4.69) is 15.3 Å². The van der Waals surface area contributed by atoms with Crippen LogP contribution in [0.2, 0.25) is 0 Å². The van der Waals surface area contributed by atoms with Gasteiger partial charge in [0.1, 0.15) is 5.75 Å². The standard InChI is InChI=1S/C26H24N4O3/c31-24(16-33-21-9-4-8-20(15-21)30-13-5-10-25(30)32)29-26(18-6-2-1-3-7-18)19-11-12-22-23(14-19)28-17-27-22/h1-4,6-9,11-12,14-15,17,26H,5,10,13,16H2,(H,27,28)(H,29,31)/t26-/m0/s1. The third kappa shape index (κ3) is 4.57. The number of hydrogen-bond donors (Lipinski definition) is 2. The number of rotatable bonds is 7. The van der Waals surface area contributed by atoms with Crippen LogP contribution in [0.25, 0.3) is 11.0 Å². The number of nitrogens with one attached hydrogen (secondary N) is 2. The monoisotopic (exact) mass is 440 g/mol. The molecule has 0 bridgehead atoms. The summed E-state index contributed by atoms with van der Waals surface area (Å²) in [4.78, 5) is 34.0. The molecule has 2 heterocycles. The first-order valence-corrected chi connectivity index (χ1v) is 11.0. The molecule has 1 saturated heterocycles. The molecule has 0 unspecified atom stereocenters. The Morgan fingerprint density at radius 1 is 1.06 bits per heavy atom. The van der Waals surface area contributed by atoms with Gasteiger partial charge in [-0.1, -0.05) is 42.5 Å². The summed E-state index contributed by atoms with van der Waals surface area (Å²) in [6, 6.07) is 22.7. The Balaban J connectivity index is 1.30. The Kier molecular flexibility index (Phi) is 5.76. The van der Waals surface area contributed by atoms with Crippen molar-refractivity contribution in [3.63, 3.8) is 0 Å². The van der Waals surface area contributed by atoms with Crippen molar-refractivity contribution in [3.05, 3.63) is 90.3 Å². The molecule has 0 spiro atoms. The maximum atomic E-state index is 12.9. The van der Waals surface area contributed by atoms with Gasteiger partial charge in [0.05, 0.1) is 23.4 Å². The molecule has 1 aliphatic heterocycles. The van der Waals surface area contributed by atoms with Crippen LogP contribution >= 0.6 is 0 Å².